The van der Waals surface area contributed by atoms with Gasteiger partial charge >= 0.3 is 6.03 Å². The smallest absolute Gasteiger partial charge is 0.317 e. The molecule has 0 unspecified atom stereocenters. The summed E-state index contributed by atoms with van der Waals surface area (Å²) in [7, 11) is 0. The second-order valence-corrected chi connectivity index (χ2v) is 6.94. The Morgan fingerprint density at radius 3 is 3.00 bits per heavy atom. The van der Waals surface area contributed by atoms with Crippen LogP contribution in [0.15, 0.2) is 49.2 Å². The summed E-state index contributed by atoms with van der Waals surface area (Å²) in [4.78, 5) is 22.5. The molecule has 0 bridgehead atoms. The number of benzene rings is 1. The van der Waals surface area contributed by atoms with E-state index in [1.54, 1.807) is 17.2 Å². The fourth-order valence-electron chi connectivity index (χ4n) is 3.62. The average molecular weight is 398 g/mol. The van der Waals surface area contributed by atoms with E-state index >= 15 is 0 Å². The zero-order chi connectivity index (χ0) is 20.2. The number of piperidine rings is 1. The molecule has 1 fully saturated rings. The average Bonchev–Trinajstić information content (AvgIpc) is 3.29. The fraction of sp³-hybridized carbons (Fsp3) is 0.300. The van der Waals surface area contributed by atoms with Crippen molar-refractivity contribution in [2.24, 2.45) is 0 Å². The van der Waals surface area contributed by atoms with Gasteiger partial charge in [-0.15, -0.1) is 0 Å². The van der Waals surface area contributed by atoms with Gasteiger partial charge in [-0.2, -0.15) is 5.10 Å². The molecule has 2 aromatic heterocycles. The van der Waals surface area contributed by atoms with Gasteiger partial charge in [0.25, 0.3) is 0 Å². The standard InChI is InChI=1S/C20H20F2N6O/c21-16-5-6-18(22)17(9-16)15-4-2-8-27(11-15)20(29)25-10-14-3-1-7-24-19(14)28-13-23-12-26-28/h1,3,5-7,9,12-13,15H,2,4,8,10-11H2,(H,25,29)/t15-/m1/s1. The molecule has 29 heavy (non-hydrogen) atoms. The number of amides is 2. The Balaban J connectivity index is 1.42. The van der Waals surface area contributed by atoms with E-state index in [9.17, 15) is 13.6 Å². The fourth-order valence-corrected chi connectivity index (χ4v) is 3.62. The van der Waals surface area contributed by atoms with Crippen LogP contribution in [0.1, 0.15) is 29.9 Å². The van der Waals surface area contributed by atoms with Crippen molar-refractivity contribution >= 4 is 6.03 Å². The van der Waals surface area contributed by atoms with Crippen molar-refractivity contribution in [3.8, 4) is 5.82 Å². The summed E-state index contributed by atoms with van der Waals surface area (Å²) < 4.78 is 29.2. The molecule has 1 aliphatic heterocycles. The van der Waals surface area contributed by atoms with Crippen LogP contribution in [0.3, 0.4) is 0 Å². The highest BCUT2D eigenvalue weighted by Crippen LogP contribution is 2.29. The number of likely N-dealkylation sites (tertiary alicyclic amines) is 1. The van der Waals surface area contributed by atoms with E-state index in [0.717, 1.165) is 24.1 Å². The van der Waals surface area contributed by atoms with Gasteiger partial charge in [-0.25, -0.2) is 28.2 Å². The largest absolute Gasteiger partial charge is 0.334 e. The normalized spacial score (nSPS) is 16.6. The first-order valence-electron chi connectivity index (χ1n) is 9.38. The summed E-state index contributed by atoms with van der Waals surface area (Å²) in [6.45, 7) is 1.18. The van der Waals surface area contributed by atoms with Gasteiger partial charge in [0.15, 0.2) is 5.82 Å². The van der Waals surface area contributed by atoms with Crippen molar-refractivity contribution in [1.82, 2.24) is 30.0 Å². The van der Waals surface area contributed by atoms with Crippen molar-refractivity contribution in [2.45, 2.75) is 25.3 Å². The molecule has 0 saturated carbocycles. The lowest BCUT2D eigenvalue weighted by atomic mass is 9.90. The van der Waals surface area contributed by atoms with Gasteiger partial charge in [0.1, 0.15) is 24.3 Å². The number of nitrogens with zero attached hydrogens (tertiary/aromatic N) is 5. The summed E-state index contributed by atoms with van der Waals surface area (Å²) >= 11 is 0. The molecule has 3 heterocycles. The molecule has 4 rings (SSSR count). The minimum atomic E-state index is -0.472. The first-order chi connectivity index (χ1) is 14.1. The Bertz CT molecular complexity index is 994. The second kappa shape index (κ2) is 8.34. The lowest BCUT2D eigenvalue weighted by molar-refractivity contribution is 0.178. The van der Waals surface area contributed by atoms with Crippen molar-refractivity contribution in [3.05, 3.63) is 71.9 Å². The number of halogens is 2. The highest BCUT2D eigenvalue weighted by Gasteiger charge is 2.27. The molecule has 150 valence electrons. The molecule has 2 amide bonds. The van der Waals surface area contributed by atoms with Crippen LogP contribution in [-0.2, 0) is 6.54 Å². The van der Waals surface area contributed by atoms with E-state index in [1.807, 2.05) is 6.07 Å². The lowest BCUT2D eigenvalue weighted by Gasteiger charge is -2.33. The maximum absolute atomic E-state index is 14.1. The molecular formula is C20H20F2N6O. The predicted octanol–water partition coefficient (Wildman–Crippen LogP) is 3.03. The quantitative estimate of drug-likeness (QED) is 0.733. The van der Waals surface area contributed by atoms with Crippen molar-refractivity contribution in [2.75, 3.05) is 13.1 Å². The Kier molecular flexibility index (Phi) is 5.46. The third-order valence-electron chi connectivity index (χ3n) is 5.04. The van der Waals surface area contributed by atoms with Crippen LogP contribution in [0.5, 0.6) is 0 Å². The monoisotopic (exact) mass is 398 g/mol. The number of urea groups is 1. The molecule has 7 nitrogen and oxygen atoms in total. The summed E-state index contributed by atoms with van der Waals surface area (Å²) in [6.07, 6.45) is 6.03. The van der Waals surface area contributed by atoms with E-state index in [1.165, 1.54) is 23.4 Å². The van der Waals surface area contributed by atoms with Gasteiger partial charge in [-0.3, -0.25) is 0 Å². The van der Waals surface area contributed by atoms with Crippen LogP contribution in [-0.4, -0.2) is 43.8 Å². The molecular weight excluding hydrogens is 378 g/mol. The van der Waals surface area contributed by atoms with Crippen LogP contribution in [0.4, 0.5) is 13.6 Å². The van der Waals surface area contributed by atoms with Gasteiger partial charge in [-0.05, 0) is 42.7 Å². The third-order valence-corrected chi connectivity index (χ3v) is 5.04. The number of pyridine rings is 1. The topological polar surface area (TPSA) is 75.9 Å². The van der Waals surface area contributed by atoms with Crippen molar-refractivity contribution in [1.29, 1.82) is 0 Å². The molecule has 1 aliphatic rings. The Morgan fingerprint density at radius 1 is 1.28 bits per heavy atom. The molecule has 9 heteroatoms. The SMILES string of the molecule is O=C(NCc1cccnc1-n1cncn1)N1CCC[C@@H](c2cc(F)ccc2F)C1. The number of hydrogen-bond donors (Lipinski definition) is 1. The summed E-state index contributed by atoms with van der Waals surface area (Å²) in [6, 6.07) is 6.85. The maximum Gasteiger partial charge on any atom is 0.317 e. The zero-order valence-electron chi connectivity index (χ0n) is 15.6. The Hall–Kier alpha value is -3.36. The second-order valence-electron chi connectivity index (χ2n) is 6.94. The van der Waals surface area contributed by atoms with Gasteiger partial charge in [0.05, 0.1) is 0 Å². The summed E-state index contributed by atoms with van der Waals surface area (Å²) in [5, 5.41) is 6.96. The Labute approximate surface area is 166 Å². The molecule has 0 spiro atoms. The van der Waals surface area contributed by atoms with E-state index in [0.29, 0.717) is 30.9 Å². The first kappa shape index (κ1) is 19.0. The molecule has 1 saturated heterocycles. The molecule has 3 aromatic rings. The van der Waals surface area contributed by atoms with Crippen LogP contribution < -0.4 is 5.32 Å². The highest BCUT2D eigenvalue weighted by atomic mass is 19.1. The van der Waals surface area contributed by atoms with E-state index < -0.39 is 11.6 Å². The zero-order valence-corrected chi connectivity index (χ0v) is 15.6. The molecule has 1 aromatic carbocycles. The number of nitrogens with one attached hydrogen (secondary N) is 1. The van der Waals surface area contributed by atoms with E-state index in [4.69, 9.17) is 0 Å². The summed E-state index contributed by atoms with van der Waals surface area (Å²) in [5.74, 6) is -0.551. The maximum atomic E-state index is 14.1. The minimum absolute atomic E-state index is 0.227. The number of carbonyl (C=O) groups excluding carboxylic acids is 1. The highest BCUT2D eigenvalue weighted by molar-refractivity contribution is 5.74. The molecule has 0 radical (unpaired) electrons. The number of aromatic nitrogens is 4. The van der Waals surface area contributed by atoms with Crippen LogP contribution >= 0.6 is 0 Å². The third kappa shape index (κ3) is 4.23. The van der Waals surface area contributed by atoms with Gasteiger partial charge in [0, 0.05) is 37.3 Å². The van der Waals surface area contributed by atoms with Gasteiger partial charge < -0.3 is 10.2 Å². The van der Waals surface area contributed by atoms with Gasteiger partial charge in [0.2, 0.25) is 0 Å². The first-order valence-corrected chi connectivity index (χ1v) is 9.38. The number of rotatable bonds is 4. The number of hydrogen-bond acceptors (Lipinski definition) is 4. The van der Waals surface area contributed by atoms with Crippen LogP contribution in [0, 0.1) is 11.6 Å². The summed E-state index contributed by atoms with van der Waals surface area (Å²) in [5.41, 5.74) is 1.11. The molecule has 0 aliphatic carbocycles. The van der Waals surface area contributed by atoms with Crippen LogP contribution in [0.2, 0.25) is 0 Å². The lowest BCUT2D eigenvalue weighted by Crippen LogP contribution is -2.44. The van der Waals surface area contributed by atoms with Gasteiger partial charge in [-0.1, -0.05) is 6.07 Å². The van der Waals surface area contributed by atoms with Crippen molar-refractivity contribution in [3.63, 3.8) is 0 Å². The van der Waals surface area contributed by atoms with Crippen LogP contribution in [0.25, 0.3) is 5.82 Å². The minimum Gasteiger partial charge on any atom is -0.334 e. The predicted molar refractivity (Wildman–Crippen MR) is 101 cm³/mol. The molecule has 1 N–H and O–H groups in total. The van der Waals surface area contributed by atoms with Crippen molar-refractivity contribution < 1.29 is 13.6 Å². The Morgan fingerprint density at radius 2 is 2.17 bits per heavy atom. The molecule has 1 atom stereocenters. The van der Waals surface area contributed by atoms with E-state index in [2.05, 4.69) is 20.4 Å². The number of carbonyl (C=O) groups is 1. The van der Waals surface area contributed by atoms with E-state index in [-0.39, 0.29) is 18.5 Å².